The topological polar surface area (TPSA) is 52.9 Å². The second-order valence-electron chi connectivity index (χ2n) is 4.04. The van der Waals surface area contributed by atoms with Crippen molar-refractivity contribution < 1.29 is 14.8 Å². The van der Waals surface area contributed by atoms with E-state index >= 15 is 0 Å². The van der Waals surface area contributed by atoms with Gasteiger partial charge in [0.05, 0.1) is 6.61 Å². The van der Waals surface area contributed by atoms with Crippen LogP contribution in [0.25, 0.3) is 0 Å². The van der Waals surface area contributed by atoms with Crippen LogP contribution in [0.4, 0.5) is 0 Å². The molecular weight excluding hydrogens is 205 g/mol. The van der Waals surface area contributed by atoms with Crippen LogP contribution in [0.1, 0.15) is 5.56 Å². The normalized spacial score (nSPS) is 22.0. The van der Waals surface area contributed by atoms with Crippen molar-refractivity contribution in [3.8, 4) is 0 Å². The Labute approximate surface area is 95.6 Å². The van der Waals surface area contributed by atoms with Gasteiger partial charge >= 0.3 is 7.12 Å². The van der Waals surface area contributed by atoms with Crippen LogP contribution in [0.2, 0.25) is 0 Å². The highest BCUT2D eigenvalue weighted by atomic mass is 16.5. The van der Waals surface area contributed by atoms with Crippen molar-refractivity contribution in [2.24, 2.45) is 0 Å². The molecule has 4 nitrogen and oxygen atoms in total. The first kappa shape index (κ1) is 11.6. The average molecular weight is 221 g/mol. The largest absolute Gasteiger partial charge is 0.483 e. The minimum absolute atomic E-state index is 0.488. The summed E-state index contributed by atoms with van der Waals surface area (Å²) in [5.74, 6) is 0. The van der Waals surface area contributed by atoms with Gasteiger partial charge in [0.15, 0.2) is 0 Å². The Morgan fingerprint density at radius 1 is 1.31 bits per heavy atom. The van der Waals surface area contributed by atoms with Gasteiger partial charge in [-0.05, 0) is 5.56 Å². The van der Waals surface area contributed by atoms with Crippen molar-refractivity contribution in [1.29, 1.82) is 0 Å². The summed E-state index contributed by atoms with van der Waals surface area (Å²) in [6.07, 6.45) is 0. The molecule has 1 fully saturated rings. The van der Waals surface area contributed by atoms with E-state index in [4.69, 9.17) is 14.8 Å². The fourth-order valence-corrected chi connectivity index (χ4v) is 1.90. The molecule has 0 spiro atoms. The molecule has 1 saturated heterocycles. The molecular formula is C11H16BNO3. The molecule has 1 atom stereocenters. The molecule has 1 aliphatic rings. The monoisotopic (exact) mass is 221 g/mol. The quantitative estimate of drug-likeness (QED) is 0.700. The highest BCUT2D eigenvalue weighted by molar-refractivity contribution is 6.42. The fourth-order valence-electron chi connectivity index (χ4n) is 1.90. The number of hydrogen-bond acceptors (Lipinski definition) is 4. The van der Waals surface area contributed by atoms with Gasteiger partial charge in [-0.15, -0.1) is 0 Å². The van der Waals surface area contributed by atoms with E-state index in [0.29, 0.717) is 13.2 Å². The summed E-state index contributed by atoms with van der Waals surface area (Å²) < 4.78 is 5.27. The Morgan fingerprint density at radius 3 is 2.75 bits per heavy atom. The molecule has 1 aromatic carbocycles. The van der Waals surface area contributed by atoms with Gasteiger partial charge in [0.25, 0.3) is 0 Å². The average Bonchev–Trinajstić information content (AvgIpc) is 2.30. The van der Waals surface area contributed by atoms with E-state index < -0.39 is 13.1 Å². The third-order valence-corrected chi connectivity index (χ3v) is 2.76. The van der Waals surface area contributed by atoms with Crippen molar-refractivity contribution in [3.05, 3.63) is 35.9 Å². The Morgan fingerprint density at radius 2 is 2.06 bits per heavy atom. The van der Waals surface area contributed by atoms with E-state index in [1.54, 1.807) is 0 Å². The lowest BCUT2D eigenvalue weighted by Crippen LogP contribution is -2.49. The van der Waals surface area contributed by atoms with Crippen LogP contribution in [-0.4, -0.2) is 47.8 Å². The van der Waals surface area contributed by atoms with Crippen molar-refractivity contribution in [2.45, 2.75) is 12.5 Å². The maximum Gasteiger partial charge on any atom is 0.483 e. The standard InChI is InChI=1S/C11H16BNO3/c14-12(15)11-9-13(6-7-16-11)8-10-4-2-1-3-5-10/h1-5,11,14-15H,6-9H2. The summed E-state index contributed by atoms with van der Waals surface area (Å²) in [6.45, 7) is 2.77. The lowest BCUT2D eigenvalue weighted by Gasteiger charge is -2.32. The smallest absolute Gasteiger partial charge is 0.425 e. The van der Waals surface area contributed by atoms with Gasteiger partial charge < -0.3 is 14.8 Å². The van der Waals surface area contributed by atoms with E-state index in [9.17, 15) is 0 Å². The molecule has 2 rings (SSSR count). The highest BCUT2D eigenvalue weighted by Crippen LogP contribution is 2.10. The Kier molecular flexibility index (Phi) is 3.95. The molecule has 0 saturated carbocycles. The van der Waals surface area contributed by atoms with Crippen LogP contribution in [-0.2, 0) is 11.3 Å². The van der Waals surface area contributed by atoms with E-state index in [-0.39, 0.29) is 0 Å². The van der Waals surface area contributed by atoms with E-state index in [0.717, 1.165) is 13.1 Å². The minimum Gasteiger partial charge on any atom is -0.425 e. The van der Waals surface area contributed by atoms with Gasteiger partial charge in [0.2, 0.25) is 0 Å². The van der Waals surface area contributed by atoms with Gasteiger partial charge in [0.1, 0.15) is 6.00 Å². The molecule has 1 heterocycles. The maximum atomic E-state index is 9.06. The third-order valence-electron chi connectivity index (χ3n) is 2.76. The van der Waals surface area contributed by atoms with Crippen molar-refractivity contribution in [3.63, 3.8) is 0 Å². The van der Waals surface area contributed by atoms with Crippen LogP contribution in [0.3, 0.4) is 0 Å². The van der Waals surface area contributed by atoms with Crippen molar-refractivity contribution in [2.75, 3.05) is 19.7 Å². The zero-order chi connectivity index (χ0) is 11.4. The Balaban J connectivity index is 1.90. The summed E-state index contributed by atoms with van der Waals surface area (Å²) in [7, 11) is -1.39. The van der Waals surface area contributed by atoms with E-state index in [1.807, 2.05) is 18.2 Å². The lowest BCUT2D eigenvalue weighted by atomic mass is 9.81. The number of morpholine rings is 1. The fraction of sp³-hybridized carbons (Fsp3) is 0.455. The first-order chi connectivity index (χ1) is 7.75. The third kappa shape index (κ3) is 3.06. The molecule has 0 radical (unpaired) electrons. The first-order valence-electron chi connectivity index (χ1n) is 5.50. The number of ether oxygens (including phenoxy) is 1. The second-order valence-corrected chi connectivity index (χ2v) is 4.04. The molecule has 1 aliphatic heterocycles. The van der Waals surface area contributed by atoms with Crippen LogP contribution in [0.5, 0.6) is 0 Å². The second kappa shape index (κ2) is 5.45. The molecule has 2 N–H and O–H groups in total. The van der Waals surface area contributed by atoms with Gasteiger partial charge in [0, 0.05) is 19.6 Å². The first-order valence-corrected chi connectivity index (χ1v) is 5.50. The van der Waals surface area contributed by atoms with Crippen molar-refractivity contribution >= 4 is 7.12 Å². The van der Waals surface area contributed by atoms with Crippen LogP contribution in [0.15, 0.2) is 30.3 Å². The van der Waals surface area contributed by atoms with E-state index in [1.165, 1.54) is 5.56 Å². The Hall–Kier alpha value is -0.875. The SMILES string of the molecule is OB(O)C1CN(Cc2ccccc2)CCO1. The molecule has 86 valence electrons. The molecule has 0 amide bonds. The number of benzene rings is 1. The van der Waals surface area contributed by atoms with Gasteiger partial charge in [-0.25, -0.2) is 0 Å². The molecule has 0 aliphatic carbocycles. The minimum atomic E-state index is -1.39. The van der Waals surface area contributed by atoms with E-state index in [2.05, 4.69) is 17.0 Å². The summed E-state index contributed by atoms with van der Waals surface area (Å²) in [4.78, 5) is 2.17. The molecule has 0 bridgehead atoms. The molecule has 1 aromatic rings. The van der Waals surface area contributed by atoms with Crippen molar-refractivity contribution in [1.82, 2.24) is 4.90 Å². The van der Waals surface area contributed by atoms with Gasteiger partial charge in [-0.3, -0.25) is 4.90 Å². The number of nitrogens with zero attached hydrogens (tertiary/aromatic N) is 1. The molecule has 5 heteroatoms. The molecule has 1 unspecified atom stereocenters. The predicted molar refractivity (Wildman–Crippen MR) is 61.7 cm³/mol. The predicted octanol–water partition coefficient (Wildman–Crippen LogP) is -0.101. The maximum absolute atomic E-state index is 9.06. The highest BCUT2D eigenvalue weighted by Gasteiger charge is 2.29. The van der Waals surface area contributed by atoms with Crippen LogP contribution >= 0.6 is 0 Å². The lowest BCUT2D eigenvalue weighted by molar-refractivity contribution is -0.00670. The summed E-state index contributed by atoms with van der Waals surface area (Å²) in [6, 6.07) is 9.66. The summed E-state index contributed by atoms with van der Waals surface area (Å²) >= 11 is 0. The summed E-state index contributed by atoms with van der Waals surface area (Å²) in [5.41, 5.74) is 1.23. The number of hydrogen-bond donors (Lipinski definition) is 2. The molecule has 16 heavy (non-hydrogen) atoms. The van der Waals surface area contributed by atoms with Crippen LogP contribution < -0.4 is 0 Å². The van der Waals surface area contributed by atoms with Crippen LogP contribution in [0, 0.1) is 0 Å². The molecule has 0 aromatic heterocycles. The number of rotatable bonds is 3. The van der Waals surface area contributed by atoms with Gasteiger partial charge in [-0.2, -0.15) is 0 Å². The summed E-state index contributed by atoms with van der Waals surface area (Å²) in [5, 5.41) is 18.1. The Bertz CT molecular complexity index is 320. The zero-order valence-corrected chi connectivity index (χ0v) is 9.12. The zero-order valence-electron chi connectivity index (χ0n) is 9.12. The van der Waals surface area contributed by atoms with Gasteiger partial charge in [-0.1, -0.05) is 30.3 Å².